The molecule has 4 nitrogen and oxygen atoms in total. The highest BCUT2D eigenvalue weighted by Crippen LogP contribution is 2.33. The van der Waals surface area contributed by atoms with E-state index in [1.165, 1.54) is 6.07 Å². The minimum absolute atomic E-state index is 0.101. The fourth-order valence-electron chi connectivity index (χ4n) is 1.50. The highest BCUT2D eigenvalue weighted by atomic mass is 35.5. The number of thioether (sulfide) groups is 1. The SMILES string of the molecule is O=S(=O)(NCCSc1ncc(C(F)(F)F)cc1Cl)c1cccs1. The number of hydrogen-bond donors (Lipinski definition) is 1. The number of thiophene rings is 1. The van der Waals surface area contributed by atoms with Gasteiger partial charge in [-0.25, -0.2) is 18.1 Å². The van der Waals surface area contributed by atoms with Gasteiger partial charge in [-0.3, -0.25) is 0 Å². The summed E-state index contributed by atoms with van der Waals surface area (Å²) in [6, 6.07) is 3.90. The number of halogens is 4. The molecule has 0 spiro atoms. The predicted octanol–water partition coefficient (Wildman–Crippen LogP) is 3.89. The lowest BCUT2D eigenvalue weighted by molar-refractivity contribution is -0.137. The lowest BCUT2D eigenvalue weighted by Gasteiger charge is -2.09. The van der Waals surface area contributed by atoms with Gasteiger partial charge in [0.05, 0.1) is 10.6 Å². The Labute approximate surface area is 144 Å². The summed E-state index contributed by atoms with van der Waals surface area (Å²) in [5.41, 5.74) is -0.926. The third kappa shape index (κ3) is 5.08. The Bertz CT molecular complexity index is 764. The van der Waals surface area contributed by atoms with Gasteiger partial charge in [0.25, 0.3) is 0 Å². The summed E-state index contributed by atoms with van der Waals surface area (Å²) >= 11 is 7.93. The number of nitrogens with zero attached hydrogens (tertiary/aromatic N) is 1. The summed E-state index contributed by atoms with van der Waals surface area (Å²) in [6.07, 6.45) is -3.81. The molecule has 0 aliphatic rings. The first-order valence-corrected chi connectivity index (χ1v) is 9.81. The summed E-state index contributed by atoms with van der Waals surface area (Å²) in [5, 5.41) is 1.75. The van der Waals surface area contributed by atoms with E-state index in [-0.39, 0.29) is 26.6 Å². The van der Waals surface area contributed by atoms with Crippen molar-refractivity contribution in [3.63, 3.8) is 0 Å². The Balaban J connectivity index is 1.90. The van der Waals surface area contributed by atoms with Crippen LogP contribution in [0.2, 0.25) is 5.02 Å². The van der Waals surface area contributed by atoms with Crippen LogP contribution in [0.4, 0.5) is 13.2 Å². The number of alkyl halides is 3. The molecule has 0 saturated heterocycles. The number of nitrogens with one attached hydrogen (secondary N) is 1. The van der Waals surface area contributed by atoms with Crippen LogP contribution in [-0.4, -0.2) is 25.7 Å². The molecule has 2 heterocycles. The molecule has 0 unspecified atom stereocenters. The average Bonchev–Trinajstić information content (AvgIpc) is 2.98. The Morgan fingerprint density at radius 3 is 2.70 bits per heavy atom. The Kier molecular flexibility index (Phi) is 5.95. The molecule has 0 amide bonds. The maximum atomic E-state index is 12.5. The molecule has 2 rings (SSSR count). The Hall–Kier alpha value is -0.810. The quantitative estimate of drug-likeness (QED) is 0.588. The van der Waals surface area contributed by atoms with Gasteiger partial charge < -0.3 is 0 Å². The minimum atomic E-state index is -4.50. The first-order valence-electron chi connectivity index (χ1n) is 6.09. The van der Waals surface area contributed by atoms with Crippen molar-refractivity contribution in [2.45, 2.75) is 15.4 Å². The van der Waals surface area contributed by atoms with Gasteiger partial charge in [-0.05, 0) is 17.5 Å². The highest BCUT2D eigenvalue weighted by molar-refractivity contribution is 7.99. The minimum Gasteiger partial charge on any atom is -0.248 e. The van der Waals surface area contributed by atoms with Crippen molar-refractivity contribution < 1.29 is 21.6 Å². The number of aromatic nitrogens is 1. The van der Waals surface area contributed by atoms with Crippen LogP contribution in [0, 0.1) is 0 Å². The van der Waals surface area contributed by atoms with Crippen molar-refractivity contribution in [3.05, 3.63) is 40.4 Å². The first-order chi connectivity index (χ1) is 10.7. The van der Waals surface area contributed by atoms with E-state index in [1.807, 2.05) is 0 Å². The number of sulfonamides is 1. The standard InChI is InChI=1S/C12H10ClF3N2O2S3/c13-9-6-8(12(14,15)16)7-17-11(9)22-5-3-18-23(19,20)10-2-1-4-21-10/h1-2,4,6-7,18H,3,5H2. The van der Waals surface area contributed by atoms with Gasteiger partial charge in [0.15, 0.2) is 0 Å². The molecule has 0 saturated carbocycles. The van der Waals surface area contributed by atoms with E-state index in [9.17, 15) is 21.6 Å². The summed E-state index contributed by atoms with van der Waals surface area (Å²) in [4.78, 5) is 3.66. The van der Waals surface area contributed by atoms with Gasteiger partial charge in [-0.1, -0.05) is 17.7 Å². The van der Waals surface area contributed by atoms with Crippen molar-refractivity contribution in [1.82, 2.24) is 9.71 Å². The zero-order valence-electron chi connectivity index (χ0n) is 11.3. The van der Waals surface area contributed by atoms with E-state index >= 15 is 0 Å². The van der Waals surface area contributed by atoms with Crippen LogP contribution in [0.3, 0.4) is 0 Å². The van der Waals surface area contributed by atoms with E-state index in [0.29, 0.717) is 6.20 Å². The van der Waals surface area contributed by atoms with Crippen LogP contribution in [0.15, 0.2) is 39.0 Å². The van der Waals surface area contributed by atoms with Crippen molar-refractivity contribution in [2.75, 3.05) is 12.3 Å². The maximum Gasteiger partial charge on any atom is 0.417 e. The van der Waals surface area contributed by atoms with Crippen LogP contribution >= 0.6 is 34.7 Å². The van der Waals surface area contributed by atoms with Gasteiger partial charge in [0.2, 0.25) is 10.0 Å². The second-order valence-electron chi connectivity index (χ2n) is 4.19. The fourth-order valence-corrected chi connectivity index (χ4v) is 4.75. The van der Waals surface area contributed by atoms with Crippen LogP contribution in [0.1, 0.15) is 5.56 Å². The van der Waals surface area contributed by atoms with Gasteiger partial charge >= 0.3 is 6.18 Å². The van der Waals surface area contributed by atoms with Gasteiger partial charge in [-0.15, -0.1) is 23.1 Å². The van der Waals surface area contributed by atoms with Gasteiger partial charge in [0.1, 0.15) is 9.24 Å². The van der Waals surface area contributed by atoms with Crippen LogP contribution < -0.4 is 4.72 Å². The van der Waals surface area contributed by atoms with Crippen molar-refractivity contribution in [1.29, 1.82) is 0 Å². The number of pyridine rings is 1. The number of rotatable bonds is 6. The summed E-state index contributed by atoms with van der Waals surface area (Å²) < 4.78 is 63.8. The highest BCUT2D eigenvalue weighted by Gasteiger charge is 2.31. The molecule has 126 valence electrons. The third-order valence-electron chi connectivity index (χ3n) is 2.53. The smallest absolute Gasteiger partial charge is 0.248 e. The van der Waals surface area contributed by atoms with E-state index in [4.69, 9.17) is 11.6 Å². The number of hydrogen-bond acceptors (Lipinski definition) is 5. The maximum absolute atomic E-state index is 12.5. The third-order valence-corrected chi connectivity index (χ3v) is 6.79. The van der Waals surface area contributed by atoms with Crippen molar-refractivity contribution in [3.8, 4) is 0 Å². The average molecular weight is 403 g/mol. The molecular weight excluding hydrogens is 393 g/mol. The molecule has 0 bridgehead atoms. The molecule has 23 heavy (non-hydrogen) atoms. The molecule has 0 aromatic carbocycles. The second kappa shape index (κ2) is 7.39. The molecular formula is C12H10ClF3N2O2S3. The second-order valence-corrected chi connectivity index (χ2v) is 8.62. The van der Waals surface area contributed by atoms with E-state index in [1.54, 1.807) is 11.4 Å². The van der Waals surface area contributed by atoms with Crippen molar-refractivity contribution >= 4 is 44.7 Å². The van der Waals surface area contributed by atoms with E-state index in [0.717, 1.165) is 29.2 Å². The Morgan fingerprint density at radius 1 is 1.39 bits per heavy atom. The topological polar surface area (TPSA) is 59.1 Å². The van der Waals surface area contributed by atoms with Crippen molar-refractivity contribution in [2.24, 2.45) is 0 Å². The van der Waals surface area contributed by atoms with Gasteiger partial charge in [0, 0.05) is 18.5 Å². The zero-order valence-corrected chi connectivity index (χ0v) is 14.5. The molecule has 11 heteroatoms. The lowest BCUT2D eigenvalue weighted by Crippen LogP contribution is -2.25. The lowest BCUT2D eigenvalue weighted by atomic mass is 10.3. The van der Waals surface area contributed by atoms with Crippen LogP contribution in [0.5, 0.6) is 0 Å². The molecule has 0 fully saturated rings. The molecule has 0 radical (unpaired) electrons. The summed E-state index contributed by atoms with van der Waals surface area (Å²) in [6.45, 7) is 0.101. The molecule has 2 aromatic rings. The van der Waals surface area contributed by atoms with Crippen LogP contribution in [-0.2, 0) is 16.2 Å². The summed E-state index contributed by atoms with van der Waals surface area (Å²) in [7, 11) is -3.55. The van der Waals surface area contributed by atoms with E-state index < -0.39 is 21.8 Å². The molecule has 0 aliphatic heterocycles. The normalized spacial score (nSPS) is 12.5. The monoisotopic (exact) mass is 402 g/mol. The molecule has 0 aliphatic carbocycles. The summed E-state index contributed by atoms with van der Waals surface area (Å²) in [5.74, 6) is 0.280. The van der Waals surface area contributed by atoms with Gasteiger partial charge in [-0.2, -0.15) is 13.2 Å². The molecule has 0 atom stereocenters. The van der Waals surface area contributed by atoms with Crippen LogP contribution in [0.25, 0.3) is 0 Å². The molecule has 1 N–H and O–H groups in total. The molecule has 2 aromatic heterocycles. The fraction of sp³-hybridized carbons (Fsp3) is 0.250. The van der Waals surface area contributed by atoms with E-state index in [2.05, 4.69) is 9.71 Å². The largest absolute Gasteiger partial charge is 0.417 e. The zero-order chi connectivity index (χ0) is 17.1. The first kappa shape index (κ1) is 18.5. The Morgan fingerprint density at radius 2 is 2.13 bits per heavy atom. The predicted molar refractivity (Wildman–Crippen MR) is 84.5 cm³/mol.